The van der Waals surface area contributed by atoms with E-state index in [1.807, 2.05) is 0 Å². The molecule has 0 aromatic heterocycles. The first-order valence-corrected chi connectivity index (χ1v) is 12.3. The molecule has 0 amide bonds. The number of hydrogen-bond donors (Lipinski definition) is 1. The predicted molar refractivity (Wildman–Crippen MR) is 117 cm³/mol. The van der Waals surface area contributed by atoms with Gasteiger partial charge in [0, 0.05) is 25.7 Å². The molecule has 1 unspecified atom stereocenters. The molecule has 3 nitrogen and oxygen atoms in total. The molecule has 0 spiro atoms. The Morgan fingerprint density at radius 1 is 0.667 bits per heavy atom. The van der Waals surface area contributed by atoms with Gasteiger partial charge in [-0.25, -0.2) is 0 Å². The molecule has 1 heterocycles. The van der Waals surface area contributed by atoms with Crippen molar-refractivity contribution in [2.24, 2.45) is 0 Å². The van der Waals surface area contributed by atoms with E-state index in [9.17, 15) is 0 Å². The average molecular weight is 384 g/mol. The van der Waals surface area contributed by atoms with Crippen molar-refractivity contribution in [2.45, 2.75) is 122 Å². The Balaban J connectivity index is 1.89. The lowest BCUT2D eigenvalue weighted by Crippen LogP contribution is -2.43. The van der Waals surface area contributed by atoms with Gasteiger partial charge >= 0.3 is 0 Å². The largest absolute Gasteiger partial charge is 0.396 e. The Bertz CT molecular complexity index is 292. The van der Waals surface area contributed by atoms with Crippen LogP contribution in [0.4, 0.5) is 0 Å². The fraction of sp³-hybridized carbons (Fsp3) is 1.00. The molecule has 162 valence electrons. The molecule has 1 saturated heterocycles. The monoisotopic (exact) mass is 383 g/mol. The van der Waals surface area contributed by atoms with Gasteiger partial charge < -0.3 is 9.84 Å². The second kappa shape index (κ2) is 19.2. The summed E-state index contributed by atoms with van der Waals surface area (Å²) in [5.74, 6) is 0. The SMILES string of the molecule is CCCCCCCCCCCCCCCCC(CCCO)N1CCOCC1. The molecule has 1 fully saturated rings. The summed E-state index contributed by atoms with van der Waals surface area (Å²) in [6, 6.07) is 0.665. The molecule has 0 aliphatic carbocycles. The van der Waals surface area contributed by atoms with E-state index in [1.54, 1.807) is 0 Å². The highest BCUT2D eigenvalue weighted by Gasteiger charge is 2.19. The quantitative estimate of drug-likeness (QED) is 0.264. The van der Waals surface area contributed by atoms with Crippen molar-refractivity contribution in [2.75, 3.05) is 32.9 Å². The van der Waals surface area contributed by atoms with Crippen molar-refractivity contribution in [1.29, 1.82) is 0 Å². The van der Waals surface area contributed by atoms with Crippen molar-refractivity contribution in [3.63, 3.8) is 0 Å². The zero-order chi connectivity index (χ0) is 19.4. The number of rotatable bonds is 19. The highest BCUT2D eigenvalue weighted by molar-refractivity contribution is 4.74. The van der Waals surface area contributed by atoms with Crippen LogP contribution in [-0.2, 0) is 4.74 Å². The molecule has 1 atom stereocenters. The third-order valence-corrected chi connectivity index (χ3v) is 6.15. The fourth-order valence-electron chi connectivity index (χ4n) is 4.35. The van der Waals surface area contributed by atoms with Gasteiger partial charge in [-0.2, -0.15) is 0 Å². The molecule has 1 aliphatic rings. The summed E-state index contributed by atoms with van der Waals surface area (Å²) in [4.78, 5) is 2.60. The van der Waals surface area contributed by atoms with Gasteiger partial charge in [-0.15, -0.1) is 0 Å². The van der Waals surface area contributed by atoms with E-state index >= 15 is 0 Å². The predicted octanol–water partition coefficient (Wildman–Crippen LogP) is 6.33. The number of hydrogen-bond acceptors (Lipinski definition) is 3. The minimum Gasteiger partial charge on any atom is -0.396 e. The second-order valence-corrected chi connectivity index (χ2v) is 8.55. The van der Waals surface area contributed by atoms with E-state index < -0.39 is 0 Å². The minimum absolute atomic E-state index is 0.333. The summed E-state index contributed by atoms with van der Waals surface area (Å²) >= 11 is 0. The molecule has 0 aromatic carbocycles. The maximum atomic E-state index is 9.16. The van der Waals surface area contributed by atoms with Gasteiger partial charge in [-0.3, -0.25) is 4.90 Å². The number of nitrogens with zero attached hydrogens (tertiary/aromatic N) is 1. The lowest BCUT2D eigenvalue weighted by atomic mass is 10.00. The summed E-state index contributed by atoms with van der Waals surface area (Å²) in [5.41, 5.74) is 0. The van der Waals surface area contributed by atoms with E-state index in [0.29, 0.717) is 12.6 Å². The molecule has 1 aliphatic heterocycles. The standard InChI is InChI=1S/C24H49NO2/c1-2-3-4-5-6-7-8-9-10-11-12-13-14-15-17-24(18-16-21-26)25-19-22-27-23-20-25/h24,26H,2-23H2,1H3. The van der Waals surface area contributed by atoms with Crippen LogP contribution in [0.25, 0.3) is 0 Å². The second-order valence-electron chi connectivity index (χ2n) is 8.55. The summed E-state index contributed by atoms with van der Waals surface area (Å²) < 4.78 is 5.49. The van der Waals surface area contributed by atoms with E-state index in [2.05, 4.69) is 11.8 Å². The van der Waals surface area contributed by atoms with Crippen molar-refractivity contribution in [3.05, 3.63) is 0 Å². The van der Waals surface area contributed by atoms with Crippen LogP contribution in [-0.4, -0.2) is 49.0 Å². The van der Waals surface area contributed by atoms with Gasteiger partial charge in [0.2, 0.25) is 0 Å². The first-order valence-electron chi connectivity index (χ1n) is 12.3. The van der Waals surface area contributed by atoms with Crippen LogP contribution in [0.1, 0.15) is 116 Å². The van der Waals surface area contributed by atoms with Crippen LogP contribution >= 0.6 is 0 Å². The van der Waals surface area contributed by atoms with Crippen LogP contribution in [0.2, 0.25) is 0 Å². The Morgan fingerprint density at radius 2 is 1.11 bits per heavy atom. The Morgan fingerprint density at radius 3 is 1.59 bits per heavy atom. The van der Waals surface area contributed by atoms with Crippen LogP contribution in [0.3, 0.4) is 0 Å². The third kappa shape index (κ3) is 14.5. The summed E-state index contributed by atoms with van der Waals surface area (Å²) in [6.45, 7) is 6.55. The summed E-state index contributed by atoms with van der Waals surface area (Å²) in [7, 11) is 0. The van der Waals surface area contributed by atoms with E-state index in [1.165, 1.54) is 96.3 Å². The molecular weight excluding hydrogens is 334 g/mol. The zero-order valence-corrected chi connectivity index (χ0v) is 18.4. The van der Waals surface area contributed by atoms with E-state index in [4.69, 9.17) is 9.84 Å². The van der Waals surface area contributed by atoms with Crippen LogP contribution in [0.5, 0.6) is 0 Å². The van der Waals surface area contributed by atoms with Crippen molar-refractivity contribution < 1.29 is 9.84 Å². The average Bonchev–Trinajstić information content (AvgIpc) is 2.71. The van der Waals surface area contributed by atoms with Crippen molar-refractivity contribution in [3.8, 4) is 0 Å². The van der Waals surface area contributed by atoms with Gasteiger partial charge in [-0.05, 0) is 19.3 Å². The zero-order valence-electron chi connectivity index (χ0n) is 18.4. The molecule has 1 N–H and O–H groups in total. The van der Waals surface area contributed by atoms with Crippen LogP contribution < -0.4 is 0 Å². The highest BCUT2D eigenvalue weighted by atomic mass is 16.5. The molecule has 0 radical (unpaired) electrons. The first kappa shape index (κ1) is 24.9. The molecule has 0 saturated carbocycles. The Labute approximate surface area is 170 Å². The number of morpholine rings is 1. The smallest absolute Gasteiger partial charge is 0.0594 e. The van der Waals surface area contributed by atoms with Crippen molar-refractivity contribution in [1.82, 2.24) is 4.90 Å². The molecular formula is C24H49NO2. The number of aliphatic hydroxyl groups excluding tert-OH is 1. The number of ether oxygens (including phenoxy) is 1. The van der Waals surface area contributed by atoms with Crippen LogP contribution in [0.15, 0.2) is 0 Å². The van der Waals surface area contributed by atoms with Gasteiger partial charge in [0.25, 0.3) is 0 Å². The van der Waals surface area contributed by atoms with E-state index in [0.717, 1.165) is 39.1 Å². The minimum atomic E-state index is 0.333. The van der Waals surface area contributed by atoms with Gasteiger partial charge in [-0.1, -0.05) is 96.8 Å². The normalized spacial score (nSPS) is 16.7. The lowest BCUT2D eigenvalue weighted by Gasteiger charge is -2.34. The van der Waals surface area contributed by atoms with Gasteiger partial charge in [0.1, 0.15) is 0 Å². The van der Waals surface area contributed by atoms with Gasteiger partial charge in [0.05, 0.1) is 13.2 Å². The third-order valence-electron chi connectivity index (χ3n) is 6.15. The Kier molecular flexibility index (Phi) is 17.7. The maximum absolute atomic E-state index is 9.16. The molecule has 27 heavy (non-hydrogen) atoms. The molecule has 0 bridgehead atoms. The fourth-order valence-corrected chi connectivity index (χ4v) is 4.35. The van der Waals surface area contributed by atoms with Gasteiger partial charge in [0.15, 0.2) is 0 Å². The molecule has 1 rings (SSSR count). The highest BCUT2D eigenvalue weighted by Crippen LogP contribution is 2.18. The first-order chi connectivity index (χ1) is 13.4. The maximum Gasteiger partial charge on any atom is 0.0594 e. The molecule has 0 aromatic rings. The summed E-state index contributed by atoms with van der Waals surface area (Å²) in [5, 5.41) is 9.16. The number of unbranched alkanes of at least 4 members (excludes halogenated alkanes) is 13. The van der Waals surface area contributed by atoms with Crippen molar-refractivity contribution >= 4 is 0 Å². The van der Waals surface area contributed by atoms with Crippen LogP contribution in [0, 0.1) is 0 Å². The topological polar surface area (TPSA) is 32.7 Å². The van der Waals surface area contributed by atoms with E-state index in [-0.39, 0.29) is 0 Å². The Hall–Kier alpha value is -0.120. The molecule has 3 heteroatoms. The lowest BCUT2D eigenvalue weighted by molar-refractivity contribution is 0.0111. The number of aliphatic hydroxyl groups is 1. The summed E-state index contributed by atoms with van der Waals surface area (Å²) in [6.07, 6.45) is 23.4.